The van der Waals surface area contributed by atoms with E-state index in [2.05, 4.69) is 15.2 Å². The Kier molecular flexibility index (Phi) is 4.15. The lowest BCUT2D eigenvalue weighted by Crippen LogP contribution is -2.34. The molecule has 18 heavy (non-hydrogen) atoms. The van der Waals surface area contributed by atoms with Gasteiger partial charge in [0, 0.05) is 13.1 Å². The number of carbonyl (C=O) groups is 1. The Hall–Kier alpha value is -1.62. The van der Waals surface area contributed by atoms with Crippen molar-refractivity contribution in [1.29, 1.82) is 0 Å². The summed E-state index contributed by atoms with van der Waals surface area (Å²) >= 11 is 0. The van der Waals surface area contributed by atoms with Gasteiger partial charge >= 0.3 is 0 Å². The number of nitrogens with one attached hydrogen (secondary N) is 1. The molecule has 0 saturated carbocycles. The van der Waals surface area contributed by atoms with Crippen LogP contribution in [-0.2, 0) is 4.79 Å². The molecule has 0 unspecified atom stereocenters. The summed E-state index contributed by atoms with van der Waals surface area (Å²) in [6.45, 7) is 4.03. The minimum absolute atomic E-state index is 0.159. The molecular weight excluding hydrogens is 228 g/mol. The quantitative estimate of drug-likeness (QED) is 0.844. The van der Waals surface area contributed by atoms with Crippen LogP contribution >= 0.6 is 0 Å². The van der Waals surface area contributed by atoms with Gasteiger partial charge in [0.15, 0.2) is 0 Å². The highest BCUT2D eigenvalue weighted by atomic mass is 16.2. The third-order valence-corrected chi connectivity index (χ3v) is 3.22. The first-order chi connectivity index (χ1) is 8.70. The molecule has 1 amide bonds. The molecule has 5 heteroatoms. The number of aromatic nitrogens is 1. The van der Waals surface area contributed by atoms with Crippen LogP contribution in [0.25, 0.3) is 0 Å². The van der Waals surface area contributed by atoms with E-state index in [9.17, 15) is 4.79 Å². The van der Waals surface area contributed by atoms with Gasteiger partial charge in [-0.2, -0.15) is 0 Å². The lowest BCUT2D eigenvalue weighted by Gasteiger charge is -2.16. The Morgan fingerprint density at radius 1 is 1.50 bits per heavy atom. The number of nitrogens with zero attached hydrogens (tertiary/aromatic N) is 2. The average molecular weight is 248 g/mol. The third kappa shape index (κ3) is 2.98. The molecule has 0 spiro atoms. The van der Waals surface area contributed by atoms with E-state index in [0.29, 0.717) is 12.1 Å². The van der Waals surface area contributed by atoms with Gasteiger partial charge in [-0.15, -0.1) is 0 Å². The van der Waals surface area contributed by atoms with Crippen molar-refractivity contribution in [2.45, 2.75) is 32.2 Å². The van der Waals surface area contributed by atoms with Crippen LogP contribution in [0.15, 0.2) is 18.3 Å². The van der Waals surface area contributed by atoms with Crippen molar-refractivity contribution < 1.29 is 4.79 Å². The Balaban J connectivity index is 1.97. The Morgan fingerprint density at radius 3 is 2.78 bits per heavy atom. The number of hydrogen-bond acceptors (Lipinski definition) is 4. The van der Waals surface area contributed by atoms with Crippen molar-refractivity contribution in [3.63, 3.8) is 0 Å². The Bertz CT molecular complexity index is 398. The molecule has 5 nitrogen and oxygen atoms in total. The fourth-order valence-electron chi connectivity index (χ4n) is 2.01. The number of carbonyl (C=O) groups excluding carboxylic acids is 1. The van der Waals surface area contributed by atoms with E-state index in [0.717, 1.165) is 18.9 Å². The highest BCUT2D eigenvalue weighted by Crippen LogP contribution is 2.19. The molecule has 1 aliphatic heterocycles. The lowest BCUT2D eigenvalue weighted by molar-refractivity contribution is -0.117. The van der Waals surface area contributed by atoms with Gasteiger partial charge in [0.1, 0.15) is 5.82 Å². The second-order valence-corrected chi connectivity index (χ2v) is 4.60. The number of anilines is 2. The molecule has 98 valence electrons. The zero-order valence-electron chi connectivity index (χ0n) is 10.7. The Labute approximate surface area is 107 Å². The molecule has 2 rings (SSSR count). The van der Waals surface area contributed by atoms with Gasteiger partial charge in [0.2, 0.25) is 5.91 Å². The van der Waals surface area contributed by atoms with Crippen LogP contribution in [0.3, 0.4) is 0 Å². The second kappa shape index (κ2) is 5.82. The summed E-state index contributed by atoms with van der Waals surface area (Å²) in [7, 11) is 0. The van der Waals surface area contributed by atoms with Crippen molar-refractivity contribution in [1.82, 2.24) is 4.98 Å². The largest absolute Gasteiger partial charge is 0.357 e. The van der Waals surface area contributed by atoms with Gasteiger partial charge in [-0.3, -0.25) is 4.79 Å². The van der Waals surface area contributed by atoms with Gasteiger partial charge in [0.05, 0.1) is 17.9 Å². The fourth-order valence-corrected chi connectivity index (χ4v) is 2.01. The van der Waals surface area contributed by atoms with E-state index in [1.165, 1.54) is 12.8 Å². The summed E-state index contributed by atoms with van der Waals surface area (Å²) in [6, 6.07) is 3.36. The van der Waals surface area contributed by atoms with Crippen LogP contribution in [0.5, 0.6) is 0 Å². The minimum Gasteiger partial charge on any atom is -0.357 e. The summed E-state index contributed by atoms with van der Waals surface area (Å²) in [5.41, 5.74) is 6.35. The molecular formula is C13H20N4O. The molecule has 0 bridgehead atoms. The summed E-state index contributed by atoms with van der Waals surface area (Å²) in [6.07, 6.45) is 4.77. The summed E-state index contributed by atoms with van der Waals surface area (Å²) in [4.78, 5) is 18.2. The fraction of sp³-hybridized carbons (Fsp3) is 0.538. The monoisotopic (exact) mass is 248 g/mol. The molecule has 1 saturated heterocycles. The van der Waals surface area contributed by atoms with E-state index in [4.69, 9.17) is 5.73 Å². The zero-order chi connectivity index (χ0) is 13.0. The molecule has 0 aliphatic carbocycles. The van der Waals surface area contributed by atoms with E-state index in [1.807, 2.05) is 19.1 Å². The summed E-state index contributed by atoms with van der Waals surface area (Å²) in [5.74, 6) is 0.818. The van der Waals surface area contributed by atoms with Crippen LogP contribution in [0.2, 0.25) is 0 Å². The van der Waals surface area contributed by atoms with Crippen LogP contribution in [0.1, 0.15) is 26.2 Å². The van der Waals surface area contributed by atoms with Gasteiger partial charge in [0.25, 0.3) is 0 Å². The summed E-state index contributed by atoms with van der Waals surface area (Å²) in [5, 5.41) is 2.77. The minimum atomic E-state index is -0.455. The molecule has 1 aromatic heterocycles. The second-order valence-electron chi connectivity index (χ2n) is 4.60. The number of rotatable bonds is 4. The molecule has 2 heterocycles. The normalized spacial score (nSPS) is 16.7. The number of nitrogens with two attached hydrogens (primary N) is 1. The maximum absolute atomic E-state index is 11.6. The summed E-state index contributed by atoms with van der Waals surface area (Å²) < 4.78 is 0. The van der Waals surface area contributed by atoms with Crippen molar-refractivity contribution in [2.24, 2.45) is 5.73 Å². The van der Waals surface area contributed by atoms with Gasteiger partial charge in [-0.1, -0.05) is 6.92 Å². The standard InChI is InChI=1S/C13H20N4O/c1-2-11(14)13(18)16-10-5-6-12(15-9-10)17-7-3-4-8-17/h5-6,9,11H,2-4,7-8,14H2,1H3,(H,16,18)/t11-/m1/s1. The molecule has 1 aliphatic rings. The van der Waals surface area contributed by atoms with Gasteiger partial charge in [-0.25, -0.2) is 4.98 Å². The molecule has 1 fully saturated rings. The van der Waals surface area contributed by atoms with Gasteiger partial charge in [-0.05, 0) is 31.4 Å². The van der Waals surface area contributed by atoms with Crippen molar-refractivity contribution >= 4 is 17.4 Å². The van der Waals surface area contributed by atoms with Crippen molar-refractivity contribution in [3.8, 4) is 0 Å². The van der Waals surface area contributed by atoms with Crippen LogP contribution in [-0.4, -0.2) is 30.0 Å². The SMILES string of the molecule is CC[C@@H](N)C(=O)Nc1ccc(N2CCCC2)nc1. The first kappa shape index (κ1) is 12.8. The molecule has 1 aromatic rings. The maximum atomic E-state index is 11.6. The van der Waals surface area contributed by atoms with Crippen molar-refractivity contribution in [2.75, 3.05) is 23.3 Å². The average Bonchev–Trinajstić information content (AvgIpc) is 2.92. The molecule has 1 atom stereocenters. The van der Waals surface area contributed by atoms with E-state index in [1.54, 1.807) is 6.20 Å². The molecule has 3 N–H and O–H groups in total. The maximum Gasteiger partial charge on any atom is 0.241 e. The number of amides is 1. The van der Waals surface area contributed by atoms with E-state index < -0.39 is 6.04 Å². The highest BCUT2D eigenvalue weighted by Gasteiger charge is 2.14. The van der Waals surface area contributed by atoms with E-state index in [-0.39, 0.29) is 5.91 Å². The highest BCUT2D eigenvalue weighted by molar-refractivity contribution is 5.94. The number of pyridine rings is 1. The van der Waals surface area contributed by atoms with Crippen LogP contribution in [0, 0.1) is 0 Å². The third-order valence-electron chi connectivity index (χ3n) is 3.22. The smallest absolute Gasteiger partial charge is 0.241 e. The van der Waals surface area contributed by atoms with Crippen molar-refractivity contribution in [3.05, 3.63) is 18.3 Å². The molecule has 0 radical (unpaired) electrons. The Morgan fingerprint density at radius 2 is 2.22 bits per heavy atom. The predicted octanol–water partition coefficient (Wildman–Crippen LogP) is 1.36. The van der Waals surface area contributed by atoms with E-state index >= 15 is 0 Å². The first-order valence-corrected chi connectivity index (χ1v) is 6.48. The van der Waals surface area contributed by atoms with Gasteiger partial charge < -0.3 is 16.0 Å². The predicted molar refractivity (Wildman–Crippen MR) is 72.6 cm³/mol. The topological polar surface area (TPSA) is 71.2 Å². The molecule has 0 aromatic carbocycles. The van der Waals surface area contributed by atoms with Crippen LogP contribution < -0.4 is 16.0 Å². The van der Waals surface area contributed by atoms with Crippen LogP contribution in [0.4, 0.5) is 11.5 Å². The first-order valence-electron chi connectivity index (χ1n) is 6.48. The lowest BCUT2D eigenvalue weighted by atomic mass is 10.2. The zero-order valence-corrected chi connectivity index (χ0v) is 10.7. The number of hydrogen-bond donors (Lipinski definition) is 2.